The van der Waals surface area contributed by atoms with Crippen LogP contribution in [0.15, 0.2) is 24.3 Å². The second-order valence-electron chi connectivity index (χ2n) is 3.98. The maximum atomic E-state index is 8.49. The number of nitrogens with zero attached hydrogens (tertiary/aromatic N) is 1. The lowest BCUT2D eigenvalue weighted by molar-refractivity contribution is 0.593. The normalized spacial score (nSPS) is 18.9. The number of hydrogen-bond acceptors (Lipinski definition) is 1. The lowest BCUT2D eigenvalue weighted by atomic mass is 9.96. The van der Waals surface area contributed by atoms with E-state index in [2.05, 4.69) is 30.3 Å². The Labute approximate surface area is 85.4 Å². The van der Waals surface area contributed by atoms with Crippen LogP contribution in [0.4, 0.5) is 0 Å². The lowest BCUT2D eigenvalue weighted by Crippen LogP contribution is -1.92. The van der Waals surface area contributed by atoms with Gasteiger partial charge >= 0.3 is 0 Å². The van der Waals surface area contributed by atoms with Gasteiger partial charge in [-0.1, -0.05) is 24.3 Å². The van der Waals surface area contributed by atoms with Gasteiger partial charge in [-0.3, -0.25) is 0 Å². The van der Waals surface area contributed by atoms with E-state index >= 15 is 0 Å². The third-order valence-corrected chi connectivity index (χ3v) is 3.10. The Bertz CT molecular complexity index is 348. The van der Waals surface area contributed by atoms with Crippen molar-refractivity contribution in [2.24, 2.45) is 0 Å². The number of aryl methyl sites for hydroxylation is 1. The highest BCUT2D eigenvalue weighted by atomic mass is 14.3. The monoisotopic (exact) mass is 185 g/mol. The Morgan fingerprint density at radius 2 is 2.21 bits per heavy atom. The number of hydrogen-bond donors (Lipinski definition) is 0. The zero-order valence-electron chi connectivity index (χ0n) is 8.37. The summed E-state index contributed by atoms with van der Waals surface area (Å²) in [6.07, 6.45) is 5.46. The SMILES string of the molecule is N#CCCCC1CCc2ccccc21. The van der Waals surface area contributed by atoms with Crippen LogP contribution in [0.3, 0.4) is 0 Å². The molecule has 0 radical (unpaired) electrons. The molecule has 0 aromatic heterocycles. The van der Waals surface area contributed by atoms with Crippen molar-refractivity contribution in [3.05, 3.63) is 35.4 Å². The summed E-state index contributed by atoms with van der Waals surface area (Å²) in [6, 6.07) is 10.9. The maximum absolute atomic E-state index is 8.49. The Kier molecular flexibility index (Phi) is 2.84. The highest BCUT2D eigenvalue weighted by Crippen LogP contribution is 2.36. The predicted molar refractivity (Wildman–Crippen MR) is 57.0 cm³/mol. The quantitative estimate of drug-likeness (QED) is 0.662. The van der Waals surface area contributed by atoms with Gasteiger partial charge in [0.15, 0.2) is 0 Å². The highest BCUT2D eigenvalue weighted by Gasteiger charge is 2.20. The molecule has 0 fully saturated rings. The zero-order valence-corrected chi connectivity index (χ0v) is 8.37. The van der Waals surface area contributed by atoms with Crippen molar-refractivity contribution in [1.82, 2.24) is 0 Å². The smallest absolute Gasteiger partial charge is 0.0621 e. The van der Waals surface area contributed by atoms with E-state index in [1.807, 2.05) is 0 Å². The number of rotatable bonds is 3. The summed E-state index contributed by atoms with van der Waals surface area (Å²) in [6.45, 7) is 0. The van der Waals surface area contributed by atoms with E-state index in [1.54, 1.807) is 0 Å². The minimum absolute atomic E-state index is 0.707. The minimum Gasteiger partial charge on any atom is -0.198 e. The molecule has 2 rings (SSSR count). The van der Waals surface area contributed by atoms with Gasteiger partial charge in [0.2, 0.25) is 0 Å². The average molecular weight is 185 g/mol. The molecule has 0 saturated heterocycles. The van der Waals surface area contributed by atoms with Gasteiger partial charge in [-0.25, -0.2) is 0 Å². The van der Waals surface area contributed by atoms with Gasteiger partial charge in [-0.15, -0.1) is 0 Å². The van der Waals surface area contributed by atoms with Gasteiger partial charge in [-0.2, -0.15) is 5.26 Å². The topological polar surface area (TPSA) is 23.8 Å². The van der Waals surface area contributed by atoms with Crippen LogP contribution in [0.5, 0.6) is 0 Å². The van der Waals surface area contributed by atoms with Crippen LogP contribution < -0.4 is 0 Å². The molecule has 0 N–H and O–H groups in total. The fourth-order valence-corrected chi connectivity index (χ4v) is 2.37. The first-order valence-electron chi connectivity index (χ1n) is 5.36. The zero-order chi connectivity index (χ0) is 9.80. The van der Waals surface area contributed by atoms with Crippen molar-refractivity contribution < 1.29 is 0 Å². The fourth-order valence-electron chi connectivity index (χ4n) is 2.37. The van der Waals surface area contributed by atoms with Crippen molar-refractivity contribution in [1.29, 1.82) is 5.26 Å². The first-order chi connectivity index (χ1) is 6.92. The highest BCUT2D eigenvalue weighted by molar-refractivity contribution is 5.34. The van der Waals surface area contributed by atoms with E-state index in [0.717, 1.165) is 12.3 Å². The van der Waals surface area contributed by atoms with Crippen LogP contribution in [0.1, 0.15) is 42.7 Å². The van der Waals surface area contributed by atoms with Crippen LogP contribution in [0.25, 0.3) is 0 Å². The molecule has 72 valence electrons. The molecule has 1 aliphatic carbocycles. The summed E-state index contributed by atoms with van der Waals surface area (Å²) in [7, 11) is 0. The van der Waals surface area contributed by atoms with Gasteiger partial charge in [0.25, 0.3) is 0 Å². The van der Waals surface area contributed by atoms with Crippen LogP contribution in [-0.4, -0.2) is 0 Å². The first-order valence-corrected chi connectivity index (χ1v) is 5.36. The molecule has 1 nitrogen and oxygen atoms in total. The van der Waals surface area contributed by atoms with Crippen LogP contribution in [-0.2, 0) is 6.42 Å². The molecule has 0 amide bonds. The third kappa shape index (κ3) is 1.80. The Balaban J connectivity index is 2.00. The molecular weight excluding hydrogens is 170 g/mol. The van der Waals surface area contributed by atoms with Crippen LogP contribution in [0, 0.1) is 11.3 Å². The summed E-state index contributed by atoms with van der Waals surface area (Å²) in [5.74, 6) is 0.722. The number of unbranched alkanes of at least 4 members (excludes halogenated alkanes) is 1. The molecule has 0 aliphatic heterocycles. The van der Waals surface area contributed by atoms with Crippen LogP contribution in [0.2, 0.25) is 0 Å². The molecule has 0 saturated carbocycles. The van der Waals surface area contributed by atoms with Crippen molar-refractivity contribution in [3.63, 3.8) is 0 Å². The second-order valence-corrected chi connectivity index (χ2v) is 3.98. The van der Waals surface area contributed by atoms with Crippen molar-refractivity contribution in [2.75, 3.05) is 0 Å². The van der Waals surface area contributed by atoms with Crippen molar-refractivity contribution in [3.8, 4) is 6.07 Å². The minimum atomic E-state index is 0.707. The summed E-state index contributed by atoms with van der Waals surface area (Å²) in [4.78, 5) is 0. The van der Waals surface area contributed by atoms with E-state index in [-0.39, 0.29) is 0 Å². The van der Waals surface area contributed by atoms with E-state index in [9.17, 15) is 0 Å². The molecule has 14 heavy (non-hydrogen) atoms. The van der Waals surface area contributed by atoms with E-state index in [0.29, 0.717) is 6.42 Å². The van der Waals surface area contributed by atoms with Crippen molar-refractivity contribution in [2.45, 2.75) is 38.0 Å². The third-order valence-electron chi connectivity index (χ3n) is 3.10. The van der Waals surface area contributed by atoms with Crippen molar-refractivity contribution >= 4 is 0 Å². The first kappa shape index (κ1) is 9.27. The van der Waals surface area contributed by atoms with Gasteiger partial charge in [0.05, 0.1) is 6.07 Å². The summed E-state index contributed by atoms with van der Waals surface area (Å²) in [5.41, 5.74) is 3.06. The summed E-state index contributed by atoms with van der Waals surface area (Å²) in [5, 5.41) is 8.49. The fraction of sp³-hybridized carbons (Fsp3) is 0.462. The Morgan fingerprint density at radius 3 is 3.07 bits per heavy atom. The van der Waals surface area contributed by atoms with E-state index < -0.39 is 0 Å². The number of fused-ring (bicyclic) bond motifs is 1. The largest absolute Gasteiger partial charge is 0.198 e. The summed E-state index contributed by atoms with van der Waals surface area (Å²) >= 11 is 0. The molecule has 1 aromatic rings. The molecule has 1 heteroatoms. The van der Waals surface area contributed by atoms with Gasteiger partial charge < -0.3 is 0 Å². The van der Waals surface area contributed by atoms with Crippen LogP contribution >= 0.6 is 0 Å². The standard InChI is InChI=1S/C13H15N/c14-10-4-3-6-12-9-8-11-5-1-2-7-13(11)12/h1-2,5,7,12H,3-4,6,8-9H2. The molecule has 0 heterocycles. The molecule has 1 unspecified atom stereocenters. The molecule has 1 atom stereocenters. The average Bonchev–Trinajstić information content (AvgIpc) is 2.63. The second kappa shape index (κ2) is 4.28. The van der Waals surface area contributed by atoms with Gasteiger partial charge in [-0.05, 0) is 42.7 Å². The van der Waals surface area contributed by atoms with E-state index in [4.69, 9.17) is 5.26 Å². The molecular formula is C13H15N. The summed E-state index contributed by atoms with van der Waals surface area (Å²) < 4.78 is 0. The van der Waals surface area contributed by atoms with Gasteiger partial charge in [0, 0.05) is 6.42 Å². The van der Waals surface area contributed by atoms with Gasteiger partial charge in [0.1, 0.15) is 0 Å². The Morgan fingerprint density at radius 1 is 1.36 bits per heavy atom. The number of benzene rings is 1. The van der Waals surface area contributed by atoms with E-state index in [1.165, 1.54) is 30.4 Å². The molecule has 0 bridgehead atoms. The molecule has 0 spiro atoms. The predicted octanol–water partition coefficient (Wildman–Crippen LogP) is 3.41. The Hall–Kier alpha value is -1.29. The molecule has 1 aromatic carbocycles. The maximum Gasteiger partial charge on any atom is 0.0621 e. The molecule has 1 aliphatic rings. The lowest BCUT2D eigenvalue weighted by Gasteiger charge is -2.09. The number of nitriles is 1.